The number of unbranched alkanes of at least 4 members (excludes halogenated alkanes) is 2. The van der Waals surface area contributed by atoms with Gasteiger partial charge < -0.3 is 28.4 Å². The molecule has 7 aromatic carbocycles. The van der Waals surface area contributed by atoms with E-state index in [1.165, 1.54) is 0 Å². The van der Waals surface area contributed by atoms with Crippen molar-refractivity contribution in [2.24, 2.45) is 0 Å². The molecule has 2 atom stereocenters. The Balaban J connectivity index is 1.16. The Bertz CT molecular complexity index is 2520. The van der Waals surface area contributed by atoms with Crippen LogP contribution in [0.3, 0.4) is 0 Å². The second-order valence-electron chi connectivity index (χ2n) is 14.5. The van der Waals surface area contributed by atoms with Crippen LogP contribution in [0.15, 0.2) is 127 Å². The fourth-order valence-corrected chi connectivity index (χ4v) is 7.28. The molecule has 7 aromatic rings. The maximum atomic E-state index is 13.0. The van der Waals surface area contributed by atoms with Crippen molar-refractivity contribution >= 4 is 66.6 Å². The lowest BCUT2D eigenvalue weighted by atomic mass is 10.0. The second-order valence-corrected chi connectivity index (χ2v) is 15.0. The highest BCUT2D eigenvalue weighted by molar-refractivity contribution is 6.31. The highest BCUT2D eigenvalue weighted by Crippen LogP contribution is 2.44. The summed E-state index contributed by atoms with van der Waals surface area (Å²) in [7, 11) is 0. The third-order valence-electron chi connectivity index (χ3n) is 10.1. The second kappa shape index (κ2) is 20.1. The third kappa shape index (κ3) is 10.4. The lowest BCUT2D eigenvalue weighted by Gasteiger charge is -2.23. The monoisotopic (exact) mass is 812 g/mol. The molecule has 0 saturated carbocycles. The van der Waals surface area contributed by atoms with Crippen LogP contribution in [0.1, 0.15) is 52.4 Å². The molecule has 2 unspecified atom stereocenters. The molecule has 8 nitrogen and oxygen atoms in total. The SMILES string of the molecule is CCCCC(=O)OC(COc1cccc2ccccc12)COc1c2ccccc2c(OCC(COc2cccc3ccccc23)OC(=O)CCCC)c2cc(Cl)ccc12. The highest BCUT2D eigenvalue weighted by atomic mass is 35.5. The molecule has 7 rings (SSSR count). The number of ether oxygens (including phenoxy) is 6. The first-order valence-electron chi connectivity index (χ1n) is 20.4. The van der Waals surface area contributed by atoms with Crippen LogP contribution in [0.25, 0.3) is 43.1 Å². The first kappa shape index (κ1) is 41.2. The van der Waals surface area contributed by atoms with Crippen molar-refractivity contribution in [2.75, 3.05) is 26.4 Å². The van der Waals surface area contributed by atoms with Gasteiger partial charge in [0, 0.05) is 50.2 Å². The summed E-state index contributed by atoms with van der Waals surface area (Å²) < 4.78 is 37.9. The predicted octanol–water partition coefficient (Wildman–Crippen LogP) is 12.1. The van der Waals surface area contributed by atoms with E-state index in [1.807, 2.05) is 135 Å². The fraction of sp³-hybridized carbons (Fsp3) is 0.280. The molecule has 0 spiro atoms. The van der Waals surface area contributed by atoms with Crippen molar-refractivity contribution < 1.29 is 38.0 Å². The standard InChI is InChI=1S/C50H49ClO8/c1-3-5-25-47(52)58-37(30-54-45-23-13-17-34-15-7-9-19-39(34)45)32-56-49-41-21-11-12-22-42(41)50(44-29-36(51)27-28-43(44)49)57-33-38(59-48(53)26-6-4-2)31-55-46-24-14-18-35-16-8-10-20-40(35)46/h7-24,27-29,37-38H,3-6,25-26,30-33H2,1-2H3. The van der Waals surface area contributed by atoms with E-state index >= 15 is 0 Å². The van der Waals surface area contributed by atoms with Gasteiger partial charge in [0.25, 0.3) is 0 Å². The van der Waals surface area contributed by atoms with Crippen molar-refractivity contribution in [1.29, 1.82) is 0 Å². The van der Waals surface area contributed by atoms with Crippen molar-refractivity contribution in [3.8, 4) is 23.0 Å². The number of benzene rings is 7. The molecule has 0 fully saturated rings. The molecule has 0 N–H and O–H groups in total. The topological polar surface area (TPSA) is 89.5 Å². The van der Waals surface area contributed by atoms with Crippen LogP contribution in [0.2, 0.25) is 5.02 Å². The number of hydrogen-bond donors (Lipinski definition) is 0. The van der Waals surface area contributed by atoms with Crippen molar-refractivity contribution in [3.05, 3.63) is 132 Å². The molecule has 0 saturated heterocycles. The van der Waals surface area contributed by atoms with Gasteiger partial charge in [-0.2, -0.15) is 0 Å². The molecule has 0 amide bonds. The van der Waals surface area contributed by atoms with Crippen LogP contribution in [-0.2, 0) is 19.1 Å². The summed E-state index contributed by atoms with van der Waals surface area (Å²) in [5, 5.41) is 7.55. The summed E-state index contributed by atoms with van der Waals surface area (Å²) >= 11 is 6.65. The van der Waals surface area contributed by atoms with E-state index in [0.29, 0.717) is 46.2 Å². The molecule has 9 heteroatoms. The number of esters is 2. The first-order valence-corrected chi connectivity index (χ1v) is 20.8. The van der Waals surface area contributed by atoms with Gasteiger partial charge in [0.2, 0.25) is 0 Å². The zero-order valence-electron chi connectivity index (χ0n) is 33.5. The maximum Gasteiger partial charge on any atom is 0.306 e. The number of carbonyl (C=O) groups excluding carboxylic acids is 2. The van der Waals surface area contributed by atoms with Gasteiger partial charge in [-0.25, -0.2) is 0 Å². The predicted molar refractivity (Wildman–Crippen MR) is 235 cm³/mol. The van der Waals surface area contributed by atoms with Gasteiger partial charge in [0.15, 0.2) is 12.2 Å². The van der Waals surface area contributed by atoms with Gasteiger partial charge in [-0.3, -0.25) is 9.59 Å². The summed E-state index contributed by atoms with van der Waals surface area (Å²) in [6.07, 6.45) is 2.37. The van der Waals surface area contributed by atoms with Gasteiger partial charge >= 0.3 is 11.9 Å². The lowest BCUT2D eigenvalue weighted by molar-refractivity contribution is -0.153. The molecular formula is C50H49ClO8. The number of carbonyl (C=O) groups is 2. The largest absolute Gasteiger partial charge is 0.489 e. The zero-order valence-corrected chi connectivity index (χ0v) is 34.3. The normalized spacial score (nSPS) is 12.3. The Morgan fingerprint density at radius 3 is 1.37 bits per heavy atom. The van der Waals surface area contributed by atoms with E-state index in [9.17, 15) is 9.59 Å². The summed E-state index contributed by atoms with van der Waals surface area (Å²) in [4.78, 5) is 26.0. The van der Waals surface area contributed by atoms with Crippen LogP contribution in [0.4, 0.5) is 0 Å². The summed E-state index contributed by atoms with van der Waals surface area (Å²) in [6.45, 7) is 4.30. The van der Waals surface area contributed by atoms with E-state index in [-0.39, 0.29) is 38.4 Å². The summed E-state index contributed by atoms with van der Waals surface area (Å²) in [5.41, 5.74) is 0. The summed E-state index contributed by atoms with van der Waals surface area (Å²) in [6, 6.07) is 41.1. The molecule has 304 valence electrons. The van der Waals surface area contributed by atoms with Crippen LogP contribution >= 0.6 is 11.6 Å². The van der Waals surface area contributed by atoms with Gasteiger partial charge in [-0.05, 0) is 53.9 Å². The van der Waals surface area contributed by atoms with Crippen molar-refractivity contribution in [3.63, 3.8) is 0 Å². The molecule has 0 heterocycles. The van der Waals surface area contributed by atoms with E-state index < -0.39 is 12.2 Å². The quantitative estimate of drug-likeness (QED) is 0.0555. The minimum atomic E-state index is -0.716. The first-order chi connectivity index (χ1) is 28.9. The third-order valence-corrected chi connectivity index (χ3v) is 10.4. The Morgan fingerprint density at radius 1 is 0.475 bits per heavy atom. The van der Waals surface area contributed by atoms with Crippen LogP contribution in [0, 0.1) is 0 Å². The molecule has 0 bridgehead atoms. The molecule has 59 heavy (non-hydrogen) atoms. The van der Waals surface area contributed by atoms with Crippen LogP contribution < -0.4 is 18.9 Å². The Morgan fingerprint density at radius 2 is 0.881 bits per heavy atom. The highest BCUT2D eigenvalue weighted by Gasteiger charge is 2.23. The Labute approximate surface area is 349 Å². The fourth-order valence-electron chi connectivity index (χ4n) is 7.11. The van der Waals surface area contributed by atoms with E-state index in [1.54, 1.807) is 6.07 Å². The molecule has 0 aliphatic carbocycles. The van der Waals surface area contributed by atoms with Crippen molar-refractivity contribution in [1.82, 2.24) is 0 Å². The van der Waals surface area contributed by atoms with Gasteiger partial charge in [0.05, 0.1) is 0 Å². The van der Waals surface area contributed by atoms with Crippen LogP contribution in [-0.4, -0.2) is 50.6 Å². The van der Waals surface area contributed by atoms with E-state index in [4.69, 9.17) is 40.0 Å². The Hall–Kier alpha value is -5.99. The maximum absolute atomic E-state index is 13.0. The summed E-state index contributed by atoms with van der Waals surface area (Å²) in [5.74, 6) is 1.92. The average molecular weight is 813 g/mol. The zero-order chi connectivity index (χ0) is 41.0. The van der Waals surface area contributed by atoms with E-state index in [2.05, 4.69) is 0 Å². The van der Waals surface area contributed by atoms with Gasteiger partial charge in [-0.1, -0.05) is 135 Å². The minimum Gasteiger partial charge on any atom is -0.489 e. The van der Waals surface area contributed by atoms with Crippen LogP contribution in [0.5, 0.6) is 23.0 Å². The molecule has 0 radical (unpaired) electrons. The number of halogens is 1. The average Bonchev–Trinajstić information content (AvgIpc) is 3.26. The van der Waals surface area contributed by atoms with E-state index in [0.717, 1.165) is 63.4 Å². The van der Waals surface area contributed by atoms with Gasteiger partial charge in [-0.15, -0.1) is 0 Å². The molecular weight excluding hydrogens is 764 g/mol. The molecule has 0 aliphatic heterocycles. The van der Waals surface area contributed by atoms with Crippen molar-refractivity contribution in [2.45, 2.75) is 64.6 Å². The number of hydrogen-bond acceptors (Lipinski definition) is 8. The number of rotatable bonds is 20. The van der Waals surface area contributed by atoms with Gasteiger partial charge in [0.1, 0.15) is 49.4 Å². The lowest BCUT2D eigenvalue weighted by Crippen LogP contribution is -2.31. The molecule has 0 aliphatic rings. The smallest absolute Gasteiger partial charge is 0.306 e. The Kier molecular flexibility index (Phi) is 14.0. The minimum absolute atomic E-state index is 0.0235. The molecule has 0 aromatic heterocycles. The number of fused-ring (bicyclic) bond motifs is 4.